The quantitative estimate of drug-likeness (QED) is 0.447. The molecule has 2 rings (SSSR count). The summed E-state index contributed by atoms with van der Waals surface area (Å²) < 4.78 is 4.76. The fourth-order valence-corrected chi connectivity index (χ4v) is 2.72. The van der Waals surface area contributed by atoms with Crippen LogP contribution in [-0.2, 0) is 0 Å². The minimum atomic E-state index is 0.110. The molecule has 0 atom stereocenters. The van der Waals surface area contributed by atoms with Gasteiger partial charge in [0.05, 0.1) is 15.1 Å². The van der Waals surface area contributed by atoms with Crippen LogP contribution in [0.1, 0.15) is 0 Å². The minimum absolute atomic E-state index is 0.110. The molecule has 0 saturated carbocycles. The Bertz CT molecular complexity index is 583. The molecule has 0 spiro atoms. The molecule has 18 heavy (non-hydrogen) atoms. The van der Waals surface area contributed by atoms with Crippen LogP contribution >= 0.6 is 58.3 Å². The van der Waals surface area contributed by atoms with E-state index in [2.05, 4.69) is 0 Å². The van der Waals surface area contributed by atoms with E-state index in [0.29, 0.717) is 5.56 Å². The summed E-state index contributed by atoms with van der Waals surface area (Å²) in [5.41, 5.74) is 1.28. The molecule has 0 aromatic heterocycles. The molecule has 0 aliphatic carbocycles. The predicted octanol–water partition coefficient (Wildman–Crippen LogP) is 6.50. The highest BCUT2D eigenvalue weighted by molar-refractivity contribution is 6.53. The maximum absolute atomic E-state index is 6.18. The van der Waals surface area contributed by atoms with E-state index < -0.39 is 0 Å². The van der Waals surface area contributed by atoms with Gasteiger partial charge in [0.2, 0.25) is 0 Å². The van der Waals surface area contributed by atoms with Crippen LogP contribution in [0.4, 0.5) is 0 Å². The van der Waals surface area contributed by atoms with Gasteiger partial charge in [-0.1, -0.05) is 76.7 Å². The first-order chi connectivity index (χ1) is 8.57. The van der Waals surface area contributed by atoms with Crippen LogP contribution < -0.4 is 4.29 Å². The Balaban J connectivity index is 2.82. The average molecular weight is 342 g/mol. The van der Waals surface area contributed by atoms with Gasteiger partial charge in [0, 0.05) is 5.56 Å². The lowest BCUT2D eigenvalue weighted by Crippen LogP contribution is -1.89. The zero-order valence-corrected chi connectivity index (χ0v) is 12.5. The third-order valence-electron chi connectivity index (χ3n) is 2.36. The van der Waals surface area contributed by atoms with E-state index in [9.17, 15) is 0 Å². The lowest BCUT2D eigenvalue weighted by atomic mass is 10.0. The number of halogens is 5. The zero-order valence-electron chi connectivity index (χ0n) is 8.68. The average Bonchev–Trinajstić information content (AvgIpc) is 2.41. The molecule has 0 saturated heterocycles. The van der Waals surface area contributed by atoms with Crippen molar-refractivity contribution in [2.75, 3.05) is 0 Å². The van der Waals surface area contributed by atoms with Crippen molar-refractivity contribution in [3.63, 3.8) is 0 Å². The molecule has 0 N–H and O–H groups in total. The third kappa shape index (κ3) is 2.38. The van der Waals surface area contributed by atoms with Gasteiger partial charge in [-0.3, -0.25) is 0 Å². The molecule has 0 unspecified atom stereocenters. The molecule has 0 radical (unpaired) electrons. The van der Waals surface area contributed by atoms with Crippen LogP contribution in [0.2, 0.25) is 20.1 Å². The summed E-state index contributed by atoms with van der Waals surface area (Å²) in [6.45, 7) is 0. The Morgan fingerprint density at radius 1 is 0.722 bits per heavy atom. The molecular formula is C12H5Cl5O. The van der Waals surface area contributed by atoms with Crippen molar-refractivity contribution in [2.45, 2.75) is 0 Å². The van der Waals surface area contributed by atoms with E-state index in [1.807, 2.05) is 30.3 Å². The van der Waals surface area contributed by atoms with Crippen LogP contribution in [0.3, 0.4) is 0 Å². The standard InChI is InChI=1S/C12H5Cl5O/c13-8-7(6-4-2-1-3-5-6)12(18-17)11(16)10(15)9(8)14/h1-5H. The van der Waals surface area contributed by atoms with Crippen molar-refractivity contribution in [2.24, 2.45) is 0 Å². The molecule has 0 fully saturated rings. The number of hydrogen-bond acceptors (Lipinski definition) is 1. The topological polar surface area (TPSA) is 9.23 Å². The summed E-state index contributed by atoms with van der Waals surface area (Å²) in [6.07, 6.45) is 0. The summed E-state index contributed by atoms with van der Waals surface area (Å²) in [5.74, 6) is 0.184. The van der Waals surface area contributed by atoms with Gasteiger partial charge < -0.3 is 4.29 Å². The smallest absolute Gasteiger partial charge is 0.175 e. The first-order valence-electron chi connectivity index (χ1n) is 4.78. The highest BCUT2D eigenvalue weighted by Gasteiger charge is 2.22. The molecule has 0 amide bonds. The summed E-state index contributed by atoms with van der Waals surface area (Å²) >= 11 is 29.6. The largest absolute Gasteiger partial charge is 0.383 e. The number of benzene rings is 2. The van der Waals surface area contributed by atoms with Gasteiger partial charge in [-0.2, -0.15) is 0 Å². The Morgan fingerprint density at radius 3 is 1.83 bits per heavy atom. The fraction of sp³-hybridized carbons (Fsp3) is 0. The van der Waals surface area contributed by atoms with E-state index in [4.69, 9.17) is 62.6 Å². The minimum Gasteiger partial charge on any atom is -0.383 e. The summed E-state index contributed by atoms with van der Waals surface area (Å²) in [7, 11) is 0. The third-order valence-corrected chi connectivity index (χ3v) is 4.30. The number of hydrogen-bond donors (Lipinski definition) is 0. The lowest BCUT2D eigenvalue weighted by molar-refractivity contribution is 0.622. The summed E-state index contributed by atoms with van der Waals surface area (Å²) in [6, 6.07) is 9.24. The van der Waals surface area contributed by atoms with E-state index >= 15 is 0 Å². The Morgan fingerprint density at radius 2 is 1.28 bits per heavy atom. The van der Waals surface area contributed by atoms with Crippen molar-refractivity contribution >= 4 is 58.3 Å². The van der Waals surface area contributed by atoms with Crippen molar-refractivity contribution in [3.05, 3.63) is 50.4 Å². The van der Waals surface area contributed by atoms with Crippen molar-refractivity contribution in [1.82, 2.24) is 0 Å². The molecule has 0 aliphatic rings. The van der Waals surface area contributed by atoms with Gasteiger partial charge in [-0.15, -0.1) is 0 Å². The first-order valence-corrected chi connectivity index (χ1v) is 6.60. The van der Waals surface area contributed by atoms with Crippen LogP contribution in [0.25, 0.3) is 11.1 Å². The molecule has 1 nitrogen and oxygen atoms in total. The molecule has 0 heterocycles. The maximum Gasteiger partial charge on any atom is 0.175 e. The molecule has 0 aliphatic heterocycles. The van der Waals surface area contributed by atoms with Crippen molar-refractivity contribution < 1.29 is 4.29 Å². The van der Waals surface area contributed by atoms with Crippen LogP contribution in [0, 0.1) is 0 Å². The Hall–Kier alpha value is -0.310. The molecule has 94 valence electrons. The van der Waals surface area contributed by atoms with Crippen LogP contribution in [0.5, 0.6) is 5.75 Å². The van der Waals surface area contributed by atoms with Crippen LogP contribution in [0.15, 0.2) is 30.3 Å². The molecular weight excluding hydrogens is 337 g/mol. The Kier molecular flexibility index (Phi) is 4.52. The second-order valence-electron chi connectivity index (χ2n) is 3.40. The maximum atomic E-state index is 6.18. The van der Waals surface area contributed by atoms with E-state index in [-0.39, 0.29) is 25.8 Å². The van der Waals surface area contributed by atoms with Gasteiger partial charge in [-0.25, -0.2) is 0 Å². The second-order valence-corrected chi connectivity index (χ2v) is 5.07. The van der Waals surface area contributed by atoms with E-state index in [0.717, 1.165) is 5.56 Å². The van der Waals surface area contributed by atoms with E-state index in [1.165, 1.54) is 0 Å². The Labute approximate surface area is 129 Å². The summed E-state index contributed by atoms with van der Waals surface area (Å²) in [4.78, 5) is 0. The zero-order chi connectivity index (χ0) is 13.3. The van der Waals surface area contributed by atoms with Gasteiger partial charge in [0.25, 0.3) is 0 Å². The highest BCUT2D eigenvalue weighted by atomic mass is 35.5. The summed E-state index contributed by atoms with van der Waals surface area (Å²) in [5, 5.41) is 0.645. The van der Waals surface area contributed by atoms with Gasteiger partial charge in [-0.05, 0) is 5.56 Å². The van der Waals surface area contributed by atoms with Crippen molar-refractivity contribution in [3.8, 4) is 16.9 Å². The van der Waals surface area contributed by atoms with Crippen LogP contribution in [-0.4, -0.2) is 0 Å². The SMILES string of the molecule is ClOc1c(Cl)c(Cl)c(Cl)c(Cl)c1-c1ccccc1. The normalized spacial score (nSPS) is 10.5. The van der Waals surface area contributed by atoms with Gasteiger partial charge in [0.15, 0.2) is 5.75 Å². The van der Waals surface area contributed by atoms with E-state index in [1.54, 1.807) is 0 Å². The monoisotopic (exact) mass is 340 g/mol. The van der Waals surface area contributed by atoms with Gasteiger partial charge in [0.1, 0.15) is 16.9 Å². The predicted molar refractivity (Wildman–Crippen MR) is 78.4 cm³/mol. The van der Waals surface area contributed by atoms with Crippen molar-refractivity contribution in [1.29, 1.82) is 0 Å². The number of rotatable bonds is 2. The second kappa shape index (κ2) is 5.77. The first kappa shape index (κ1) is 14.1. The lowest BCUT2D eigenvalue weighted by Gasteiger charge is -2.13. The molecule has 0 bridgehead atoms. The highest BCUT2D eigenvalue weighted by Crippen LogP contribution is 2.50. The fourth-order valence-electron chi connectivity index (χ4n) is 1.55. The van der Waals surface area contributed by atoms with Gasteiger partial charge >= 0.3 is 0 Å². The molecule has 6 heteroatoms. The molecule has 2 aromatic rings. The molecule has 2 aromatic carbocycles.